The van der Waals surface area contributed by atoms with Gasteiger partial charge in [-0.1, -0.05) is 6.92 Å². The van der Waals surface area contributed by atoms with E-state index in [2.05, 4.69) is 4.98 Å². The number of carboxylic acids is 1. The van der Waals surface area contributed by atoms with Gasteiger partial charge in [-0.2, -0.15) is 0 Å². The number of thiazole rings is 1. The summed E-state index contributed by atoms with van der Waals surface area (Å²) in [5.41, 5.74) is -0.123. The third-order valence-corrected chi connectivity index (χ3v) is 6.95. The maximum absolute atomic E-state index is 12.3. The van der Waals surface area contributed by atoms with E-state index in [0.29, 0.717) is 11.3 Å². The van der Waals surface area contributed by atoms with Crippen LogP contribution < -0.4 is 34.7 Å². The van der Waals surface area contributed by atoms with E-state index in [1.54, 1.807) is 6.20 Å². The number of aromatic nitrogens is 1. The summed E-state index contributed by atoms with van der Waals surface area (Å²) in [6, 6.07) is -0.373. The van der Waals surface area contributed by atoms with Crippen LogP contribution in [0, 0.1) is 11.8 Å². The second-order valence-corrected chi connectivity index (χ2v) is 8.63. The van der Waals surface area contributed by atoms with Crippen molar-refractivity contribution < 1.29 is 54.5 Å². The van der Waals surface area contributed by atoms with Crippen molar-refractivity contribution in [3.8, 4) is 0 Å². The zero-order valence-corrected chi connectivity index (χ0v) is 18.4. The molecule has 2 aliphatic heterocycles. The summed E-state index contributed by atoms with van der Waals surface area (Å²) in [5.74, 6) is -2.63. The predicted octanol–water partition coefficient (Wildman–Crippen LogP) is -3.40. The number of aliphatic hydroxyl groups excluding tert-OH is 2. The van der Waals surface area contributed by atoms with Gasteiger partial charge in [-0.05, 0) is 6.92 Å². The second-order valence-electron chi connectivity index (χ2n) is 6.31. The molecular formula is C16H19N2NaO5S2. The minimum absolute atomic E-state index is 0. The summed E-state index contributed by atoms with van der Waals surface area (Å²) in [5, 5.41) is 33.6. The Labute approximate surface area is 181 Å². The van der Waals surface area contributed by atoms with Gasteiger partial charge >= 0.3 is 29.6 Å². The largest absolute Gasteiger partial charge is 1.00 e. The Bertz CT molecular complexity index is 710. The number of aliphatic hydroxyl groups is 2. The third-order valence-electron chi connectivity index (χ3n) is 4.68. The molecule has 136 valence electrons. The standard InChI is InChI=1S/C16H20N2O5S2.Na/c1-7-12-11(8(2)20)15(21)18(12)13(16(22)23)14(7)25-9(6-19)5-10-17-3-4-24-10;/h3-4,7-9,11-12,19-20H,5-6H2,1-2H3,(H,22,23);/q;+1/p-1. The van der Waals surface area contributed by atoms with Crippen LogP contribution in [-0.4, -0.2) is 56.0 Å². The van der Waals surface area contributed by atoms with E-state index in [0.717, 1.165) is 5.01 Å². The number of carbonyl (C=O) groups is 2. The molecule has 1 saturated heterocycles. The molecule has 0 aromatic carbocycles. The Morgan fingerprint density at radius 1 is 1.54 bits per heavy atom. The normalized spacial score (nSPS) is 26.8. The molecule has 1 aromatic rings. The van der Waals surface area contributed by atoms with Gasteiger partial charge in [0.2, 0.25) is 5.91 Å². The average Bonchev–Trinajstić information content (AvgIpc) is 3.12. The number of carboxylic acid groups (broad SMARTS) is 1. The van der Waals surface area contributed by atoms with Crippen LogP contribution in [0.1, 0.15) is 18.9 Å². The van der Waals surface area contributed by atoms with Crippen molar-refractivity contribution in [2.24, 2.45) is 11.8 Å². The summed E-state index contributed by atoms with van der Waals surface area (Å²) >= 11 is 2.73. The van der Waals surface area contributed by atoms with Crippen molar-refractivity contribution in [2.45, 2.75) is 37.7 Å². The van der Waals surface area contributed by atoms with Gasteiger partial charge in [0.05, 0.1) is 41.3 Å². The quantitative estimate of drug-likeness (QED) is 0.358. The van der Waals surface area contributed by atoms with E-state index in [9.17, 15) is 24.9 Å². The van der Waals surface area contributed by atoms with Gasteiger partial charge in [-0.3, -0.25) is 4.79 Å². The van der Waals surface area contributed by atoms with Crippen LogP contribution in [-0.2, 0) is 16.0 Å². The maximum atomic E-state index is 12.3. The molecule has 3 rings (SSSR count). The molecule has 5 unspecified atom stereocenters. The average molecular weight is 406 g/mol. The molecule has 0 bridgehead atoms. The third kappa shape index (κ3) is 3.76. The molecular weight excluding hydrogens is 387 g/mol. The summed E-state index contributed by atoms with van der Waals surface area (Å²) in [7, 11) is 0. The number of rotatable bonds is 7. The number of aliphatic carboxylic acids is 1. The van der Waals surface area contributed by atoms with Gasteiger partial charge in [0, 0.05) is 34.1 Å². The van der Waals surface area contributed by atoms with E-state index in [-0.39, 0.29) is 65.0 Å². The van der Waals surface area contributed by atoms with Crippen LogP contribution in [0.4, 0.5) is 0 Å². The fourth-order valence-electron chi connectivity index (χ4n) is 3.54. The Hall–Kier alpha value is -0.420. The summed E-state index contributed by atoms with van der Waals surface area (Å²) < 4.78 is 0. The smallest absolute Gasteiger partial charge is 0.543 e. The zero-order valence-electron chi connectivity index (χ0n) is 14.8. The van der Waals surface area contributed by atoms with Gasteiger partial charge in [0.15, 0.2) is 0 Å². The van der Waals surface area contributed by atoms with Crippen molar-refractivity contribution >= 4 is 35.0 Å². The predicted molar refractivity (Wildman–Crippen MR) is 91.3 cm³/mol. The first-order valence-electron chi connectivity index (χ1n) is 7.99. The van der Waals surface area contributed by atoms with Crippen LogP contribution in [0.25, 0.3) is 0 Å². The van der Waals surface area contributed by atoms with Gasteiger partial charge in [0.25, 0.3) is 0 Å². The number of thioether (sulfide) groups is 1. The fourth-order valence-corrected chi connectivity index (χ4v) is 5.67. The van der Waals surface area contributed by atoms with Crippen molar-refractivity contribution in [1.29, 1.82) is 0 Å². The van der Waals surface area contributed by atoms with E-state index in [1.807, 2.05) is 12.3 Å². The number of fused-ring (bicyclic) bond motifs is 1. The summed E-state index contributed by atoms with van der Waals surface area (Å²) in [6.45, 7) is 3.24. The van der Waals surface area contributed by atoms with Crippen LogP contribution >= 0.6 is 23.1 Å². The molecule has 2 N–H and O–H groups in total. The number of β-lactam (4-membered cyclic amide) rings is 1. The Kier molecular flexibility index (Phi) is 7.34. The molecule has 0 radical (unpaired) electrons. The number of nitrogens with zero attached hydrogens (tertiary/aromatic N) is 2. The first-order chi connectivity index (χ1) is 11.9. The van der Waals surface area contributed by atoms with Crippen LogP contribution in [0.2, 0.25) is 0 Å². The SMILES string of the molecule is CC(O)C1C(=O)N2C(C(=O)[O-])=C(SC(CO)Cc3nccs3)C(C)C12.[Na+]. The van der Waals surface area contributed by atoms with Crippen LogP contribution in [0.5, 0.6) is 0 Å². The fraction of sp³-hybridized carbons (Fsp3) is 0.562. The van der Waals surface area contributed by atoms with Crippen molar-refractivity contribution in [1.82, 2.24) is 9.88 Å². The maximum Gasteiger partial charge on any atom is 1.00 e. The van der Waals surface area contributed by atoms with Crippen LogP contribution in [0.15, 0.2) is 22.2 Å². The van der Waals surface area contributed by atoms with E-state index in [1.165, 1.54) is 34.9 Å². The van der Waals surface area contributed by atoms with E-state index >= 15 is 0 Å². The monoisotopic (exact) mass is 406 g/mol. The molecule has 2 aliphatic rings. The van der Waals surface area contributed by atoms with E-state index < -0.39 is 18.0 Å². The molecule has 0 aliphatic carbocycles. The zero-order chi connectivity index (χ0) is 18.3. The molecule has 1 amide bonds. The molecule has 0 saturated carbocycles. The summed E-state index contributed by atoms with van der Waals surface area (Å²) in [4.78, 5) is 29.9. The van der Waals surface area contributed by atoms with Crippen molar-refractivity contribution in [3.63, 3.8) is 0 Å². The van der Waals surface area contributed by atoms with E-state index in [4.69, 9.17) is 0 Å². The molecule has 10 heteroatoms. The van der Waals surface area contributed by atoms with Crippen molar-refractivity contribution in [3.05, 3.63) is 27.2 Å². The Morgan fingerprint density at radius 2 is 2.23 bits per heavy atom. The first kappa shape index (κ1) is 21.9. The molecule has 5 atom stereocenters. The van der Waals surface area contributed by atoms with Crippen molar-refractivity contribution in [2.75, 3.05) is 6.61 Å². The molecule has 26 heavy (non-hydrogen) atoms. The van der Waals surface area contributed by atoms with Crippen LogP contribution in [0.3, 0.4) is 0 Å². The van der Waals surface area contributed by atoms with Gasteiger partial charge < -0.3 is 25.0 Å². The van der Waals surface area contributed by atoms with Gasteiger partial charge in [0.1, 0.15) is 0 Å². The topological polar surface area (TPSA) is 114 Å². The number of hydrogen-bond donors (Lipinski definition) is 2. The number of amides is 1. The number of carbonyl (C=O) groups excluding carboxylic acids is 2. The Morgan fingerprint density at radius 3 is 2.73 bits per heavy atom. The molecule has 1 fully saturated rings. The summed E-state index contributed by atoms with van der Waals surface area (Å²) in [6.07, 6.45) is 1.35. The molecule has 0 spiro atoms. The number of hydrogen-bond acceptors (Lipinski definition) is 8. The first-order valence-corrected chi connectivity index (χ1v) is 9.75. The minimum atomic E-state index is -1.40. The second kappa shape index (κ2) is 8.72. The molecule has 7 nitrogen and oxygen atoms in total. The van der Waals surface area contributed by atoms with Gasteiger partial charge in [-0.15, -0.1) is 23.1 Å². The Balaban J connectivity index is 0.00000243. The minimum Gasteiger partial charge on any atom is -0.543 e. The van der Waals surface area contributed by atoms with Gasteiger partial charge in [-0.25, -0.2) is 4.98 Å². The molecule has 1 aromatic heterocycles. The molecule has 3 heterocycles.